The number of ketones is 1. The second-order valence-corrected chi connectivity index (χ2v) is 23.0. The van der Waals surface area contributed by atoms with E-state index in [-0.39, 0.29) is 43.0 Å². The molecule has 74 heavy (non-hydrogen) atoms. The summed E-state index contributed by atoms with van der Waals surface area (Å²) in [6, 6.07) is 3.33. The Morgan fingerprint density at radius 3 is 2.32 bits per heavy atom. The molecular weight excluding hydrogens is 977 g/mol. The van der Waals surface area contributed by atoms with Crippen molar-refractivity contribution in [2.24, 2.45) is 29.6 Å². The number of ether oxygens (including phenoxy) is 8. The number of methoxy groups -OCH3 is 2. The van der Waals surface area contributed by atoms with E-state index in [1.807, 2.05) is 71.2 Å². The molecular formula is C52H80N8O13S. The number of aliphatic hydroxyl groups excluding tert-OH is 2. The van der Waals surface area contributed by atoms with Crippen molar-refractivity contribution in [3.63, 3.8) is 0 Å². The molecule has 4 fully saturated rings. The number of nitrogens with one attached hydrogen (secondary N) is 1. The Labute approximate surface area is 439 Å². The number of nitrogens with two attached hydrogens (primary N) is 1. The lowest BCUT2D eigenvalue weighted by molar-refractivity contribution is -0.319. The topological polar surface area (TPSA) is 263 Å². The number of carbonyl (C=O) groups is 3. The fourth-order valence-corrected chi connectivity index (χ4v) is 13.4. The Kier molecular flexibility index (Phi) is 18.1. The Balaban J connectivity index is 1.27. The van der Waals surface area contributed by atoms with Crippen molar-refractivity contribution in [3.05, 3.63) is 30.9 Å². The Hall–Kier alpha value is -4.10. The van der Waals surface area contributed by atoms with Crippen LogP contribution in [0.4, 0.5) is 17.5 Å². The molecule has 412 valence electrons. The molecule has 0 aliphatic carbocycles. The van der Waals surface area contributed by atoms with Gasteiger partial charge in [-0.1, -0.05) is 27.7 Å². The maximum absolute atomic E-state index is 15.3. The van der Waals surface area contributed by atoms with E-state index in [1.165, 1.54) is 25.2 Å². The predicted octanol–water partition coefficient (Wildman–Crippen LogP) is 4.92. The minimum Gasteiger partial charge on any atom is -0.458 e. The van der Waals surface area contributed by atoms with E-state index in [4.69, 9.17) is 48.6 Å². The van der Waals surface area contributed by atoms with Crippen molar-refractivity contribution >= 4 is 58.1 Å². The highest BCUT2D eigenvalue weighted by Crippen LogP contribution is 2.50. The van der Waals surface area contributed by atoms with Gasteiger partial charge in [0.05, 0.1) is 53.4 Å². The molecule has 7 rings (SSSR count). The van der Waals surface area contributed by atoms with Crippen molar-refractivity contribution in [1.29, 1.82) is 0 Å². The second kappa shape index (κ2) is 23.2. The van der Waals surface area contributed by atoms with Crippen molar-refractivity contribution in [3.8, 4) is 0 Å². The lowest BCUT2D eigenvalue weighted by Gasteiger charge is -2.50. The number of aromatic nitrogens is 5. The van der Waals surface area contributed by atoms with Gasteiger partial charge in [-0.05, 0) is 87.0 Å². The number of hydrogen-bond acceptors (Lipinski definition) is 21. The van der Waals surface area contributed by atoms with Gasteiger partial charge in [0.25, 0.3) is 0 Å². The number of likely N-dealkylation sites (N-methyl/N-ethyl adjacent to an activating group) is 1. The zero-order chi connectivity index (χ0) is 54.2. The van der Waals surface area contributed by atoms with Gasteiger partial charge in [-0.3, -0.25) is 23.9 Å². The summed E-state index contributed by atoms with van der Waals surface area (Å²) in [7, 11) is 6.84. The van der Waals surface area contributed by atoms with Crippen molar-refractivity contribution in [2.45, 2.75) is 185 Å². The van der Waals surface area contributed by atoms with Crippen molar-refractivity contribution in [2.75, 3.05) is 45.1 Å². The molecule has 0 saturated carbocycles. The summed E-state index contributed by atoms with van der Waals surface area (Å²) in [5.41, 5.74) is 4.01. The number of fused-ring (bicyclic) bond motifs is 2. The summed E-state index contributed by atoms with van der Waals surface area (Å²) < 4.78 is 53.8. The summed E-state index contributed by atoms with van der Waals surface area (Å²) >= 11 is 1.34. The van der Waals surface area contributed by atoms with Crippen LogP contribution in [0.1, 0.15) is 94.9 Å². The number of nitrogen functional groups attached to an aromatic ring is 1. The van der Waals surface area contributed by atoms with Crippen LogP contribution in [-0.2, 0) is 58.8 Å². The van der Waals surface area contributed by atoms with E-state index >= 15 is 9.59 Å². The van der Waals surface area contributed by atoms with Gasteiger partial charge in [0.15, 0.2) is 35.2 Å². The van der Waals surface area contributed by atoms with Crippen LogP contribution in [0.5, 0.6) is 0 Å². The number of nitrogens with zero attached hydrogens (tertiary/aromatic N) is 6. The molecule has 0 bridgehead atoms. The first kappa shape index (κ1) is 57.6. The summed E-state index contributed by atoms with van der Waals surface area (Å²) in [4.78, 5) is 64.4. The van der Waals surface area contributed by atoms with Gasteiger partial charge >= 0.3 is 11.9 Å². The fourth-order valence-electron chi connectivity index (χ4n) is 12.0. The number of Topliss-reactive ketones (excluding diaryl/α,β-unsaturated/α-hetero) is 1. The number of thioether (sulfide) groups is 1. The molecule has 3 aromatic rings. The lowest BCUT2D eigenvalue weighted by Crippen LogP contribution is -2.61. The molecule has 0 spiro atoms. The smallest absolute Gasteiger partial charge is 0.320 e. The summed E-state index contributed by atoms with van der Waals surface area (Å²) in [6.07, 6.45) is -2.54. The second-order valence-electron chi connectivity index (χ2n) is 21.8. The van der Waals surface area contributed by atoms with E-state index in [1.54, 1.807) is 53.3 Å². The summed E-state index contributed by atoms with van der Waals surface area (Å²) in [5, 5.41) is 25.5. The summed E-state index contributed by atoms with van der Waals surface area (Å²) in [5.74, 6) is -4.42. The monoisotopic (exact) mass is 1060 g/mol. The number of anilines is 3. The molecule has 3 aromatic heterocycles. The maximum Gasteiger partial charge on any atom is 0.320 e. The minimum atomic E-state index is -1.46. The number of esters is 2. The van der Waals surface area contributed by atoms with Gasteiger partial charge in [0, 0.05) is 68.8 Å². The van der Waals surface area contributed by atoms with Crippen LogP contribution < -0.4 is 11.1 Å². The number of imidazole rings is 1. The Morgan fingerprint density at radius 1 is 0.959 bits per heavy atom. The zero-order valence-corrected chi connectivity index (χ0v) is 46.2. The third-order valence-corrected chi connectivity index (χ3v) is 17.6. The normalized spacial score (nSPS) is 39.6. The van der Waals surface area contributed by atoms with Gasteiger partial charge in [0.1, 0.15) is 35.7 Å². The van der Waals surface area contributed by atoms with E-state index in [9.17, 15) is 15.0 Å². The SMILES string of the molecule is CC[C@H]1OC(=O)[C@H](C)[C@@H](O[C@H]2C[C@@](C)(OC)[C@@H](O)[C@H](C)O2)[C@H](C)[C@@H](O[C@@H]2O[C@H](C)C[C@H](N(C)C)[C@H]2O)[C@](C)(OC)C[C@@H](C)C(=O)[C@H](C)[C@H]2[C@H](SCCn3c(Nc4cccnc4)nc4c(N)ncnc43)C(=O)O[C@@]21C. The highest BCUT2D eigenvalue weighted by atomic mass is 32.2. The third-order valence-electron chi connectivity index (χ3n) is 16.4. The molecule has 5 N–H and O–H groups in total. The number of hydrogen-bond donors (Lipinski definition) is 4. The van der Waals surface area contributed by atoms with E-state index < -0.39 is 113 Å². The first-order chi connectivity index (χ1) is 34.9. The molecule has 0 amide bonds. The average molecular weight is 1060 g/mol. The predicted molar refractivity (Wildman–Crippen MR) is 276 cm³/mol. The highest BCUT2D eigenvalue weighted by Gasteiger charge is 2.62. The number of pyridine rings is 1. The van der Waals surface area contributed by atoms with Crippen LogP contribution in [0, 0.1) is 29.6 Å². The molecule has 4 saturated heterocycles. The fraction of sp³-hybridized carbons (Fsp3) is 0.750. The zero-order valence-electron chi connectivity index (χ0n) is 45.4. The average Bonchev–Trinajstić information content (AvgIpc) is 3.85. The van der Waals surface area contributed by atoms with E-state index in [0.29, 0.717) is 41.5 Å². The van der Waals surface area contributed by atoms with Crippen LogP contribution in [0.3, 0.4) is 0 Å². The first-order valence-electron chi connectivity index (χ1n) is 25.9. The van der Waals surface area contributed by atoms with E-state index in [2.05, 4.69) is 20.3 Å². The number of aliphatic hydroxyl groups is 2. The third kappa shape index (κ3) is 11.5. The maximum atomic E-state index is 15.3. The van der Waals surface area contributed by atoms with Crippen molar-refractivity contribution < 1.29 is 62.5 Å². The Bertz CT molecular complexity index is 2420. The van der Waals surface area contributed by atoms with Crippen molar-refractivity contribution in [1.82, 2.24) is 29.4 Å². The molecule has 4 aliphatic rings. The standard InChI is InChI=1S/C52H80N8O13S/c1-15-34-52(10)36(41(47(65)73-52)74-20-19-60-45-37(44(53)55-25-56-45)58-49(60)57-32-17-16-18-54-24-32)28(4)38(61)26(2)22-51(9,67-14)43(72-48-39(62)33(59(11)12)21-27(3)68-48)29(5)40(30(6)46(64)70-34)71-35-23-50(8,66-13)42(63)31(7)69-35/h16-18,24-31,33-36,39-43,48,62-63H,15,19-23H2,1-14H3,(H,57,58)(H2,53,55,56)/t26-,27-,28-,29+,30-,31+,33+,34-,35+,36+,39-,40+,41+,42+,43-,48+,50-,51-,52-/m1/s1. The molecule has 0 unspecified atom stereocenters. The molecule has 21 nitrogen and oxygen atoms in total. The van der Waals surface area contributed by atoms with Crippen LogP contribution in [0.2, 0.25) is 0 Å². The number of cyclic esters (lactones) is 1. The number of rotatable bonds is 14. The van der Waals surface area contributed by atoms with Crippen LogP contribution >= 0.6 is 11.8 Å². The highest BCUT2D eigenvalue weighted by molar-refractivity contribution is 8.00. The summed E-state index contributed by atoms with van der Waals surface area (Å²) in [6.45, 7) is 18.4. The largest absolute Gasteiger partial charge is 0.458 e. The van der Waals surface area contributed by atoms with E-state index in [0.717, 1.165) is 0 Å². The molecule has 19 atom stereocenters. The van der Waals surface area contributed by atoms with Crippen LogP contribution in [0.25, 0.3) is 11.2 Å². The van der Waals surface area contributed by atoms with Crippen LogP contribution in [-0.4, -0.2) is 175 Å². The number of carbonyl (C=O) groups excluding carboxylic acids is 3. The molecule has 0 radical (unpaired) electrons. The molecule has 4 aliphatic heterocycles. The molecule has 7 heterocycles. The van der Waals surface area contributed by atoms with Gasteiger partial charge in [-0.15, -0.1) is 11.8 Å². The van der Waals surface area contributed by atoms with Gasteiger partial charge in [0.2, 0.25) is 5.95 Å². The Morgan fingerprint density at radius 2 is 1.68 bits per heavy atom. The first-order valence-corrected chi connectivity index (χ1v) is 26.9. The lowest BCUT2D eigenvalue weighted by atomic mass is 9.70. The minimum absolute atomic E-state index is 0.108. The molecule has 22 heteroatoms. The molecule has 0 aromatic carbocycles. The van der Waals surface area contributed by atoms with Gasteiger partial charge < -0.3 is 64.1 Å². The van der Waals surface area contributed by atoms with Crippen LogP contribution in [0.15, 0.2) is 30.9 Å². The number of aryl methyl sites for hydroxylation is 1. The van der Waals surface area contributed by atoms with Gasteiger partial charge in [-0.25, -0.2) is 15.0 Å². The quantitative estimate of drug-likeness (QED) is 0.156. The van der Waals surface area contributed by atoms with Gasteiger partial charge in [-0.2, -0.15) is 0 Å².